The molecule has 2 aliphatic heterocycles. The molecular formula is C20H27N3O3. The SMILES string of the molecule is CC(C)n1c(O)c(C2=NCCOC2)c2cc(NCC3(C)COC3)ccc21. The van der Waals surface area contributed by atoms with Crippen molar-refractivity contribution in [1.29, 1.82) is 0 Å². The highest BCUT2D eigenvalue weighted by atomic mass is 16.5. The van der Waals surface area contributed by atoms with E-state index in [4.69, 9.17) is 9.47 Å². The number of nitrogens with one attached hydrogen (secondary N) is 1. The second-order valence-corrected chi connectivity index (χ2v) is 7.93. The van der Waals surface area contributed by atoms with Gasteiger partial charge in [-0.3, -0.25) is 4.99 Å². The number of benzene rings is 1. The van der Waals surface area contributed by atoms with Gasteiger partial charge in [0, 0.05) is 29.1 Å². The lowest BCUT2D eigenvalue weighted by Crippen LogP contribution is -2.45. The molecule has 2 aromatic rings. The maximum atomic E-state index is 10.9. The van der Waals surface area contributed by atoms with Crippen LogP contribution in [0.25, 0.3) is 10.9 Å². The van der Waals surface area contributed by atoms with Crippen molar-refractivity contribution in [3.63, 3.8) is 0 Å². The van der Waals surface area contributed by atoms with Gasteiger partial charge in [-0.2, -0.15) is 0 Å². The minimum atomic E-state index is 0.154. The number of nitrogens with zero attached hydrogens (tertiary/aromatic N) is 2. The maximum absolute atomic E-state index is 10.9. The quantitative estimate of drug-likeness (QED) is 0.862. The molecule has 1 fully saturated rings. The van der Waals surface area contributed by atoms with Gasteiger partial charge in [0.2, 0.25) is 5.88 Å². The third-order valence-corrected chi connectivity index (χ3v) is 5.18. The second-order valence-electron chi connectivity index (χ2n) is 7.93. The van der Waals surface area contributed by atoms with E-state index in [1.54, 1.807) is 0 Å². The zero-order valence-corrected chi connectivity index (χ0v) is 15.7. The summed E-state index contributed by atoms with van der Waals surface area (Å²) in [6, 6.07) is 6.42. The van der Waals surface area contributed by atoms with Crippen LogP contribution in [0.2, 0.25) is 0 Å². The Morgan fingerprint density at radius 1 is 1.31 bits per heavy atom. The molecule has 0 aliphatic carbocycles. The molecule has 26 heavy (non-hydrogen) atoms. The van der Waals surface area contributed by atoms with E-state index in [1.165, 1.54) is 0 Å². The number of anilines is 1. The number of aromatic hydroxyl groups is 1. The third-order valence-electron chi connectivity index (χ3n) is 5.18. The van der Waals surface area contributed by atoms with Crippen LogP contribution in [0.5, 0.6) is 5.88 Å². The van der Waals surface area contributed by atoms with Crippen molar-refractivity contribution < 1.29 is 14.6 Å². The van der Waals surface area contributed by atoms with Gasteiger partial charge in [0.15, 0.2) is 0 Å². The third kappa shape index (κ3) is 2.97. The molecule has 0 radical (unpaired) electrons. The average Bonchev–Trinajstić information content (AvgIpc) is 2.90. The van der Waals surface area contributed by atoms with E-state index in [0.717, 1.165) is 47.6 Å². The zero-order chi connectivity index (χ0) is 18.3. The lowest BCUT2D eigenvalue weighted by molar-refractivity contribution is -0.0924. The van der Waals surface area contributed by atoms with Gasteiger partial charge in [0.1, 0.15) is 0 Å². The minimum Gasteiger partial charge on any atom is -0.494 e. The van der Waals surface area contributed by atoms with Crippen LogP contribution in [-0.2, 0) is 9.47 Å². The summed E-state index contributed by atoms with van der Waals surface area (Å²) < 4.78 is 12.9. The number of hydrogen-bond donors (Lipinski definition) is 2. The van der Waals surface area contributed by atoms with Crippen LogP contribution in [-0.4, -0.2) is 54.9 Å². The number of fused-ring (bicyclic) bond motifs is 1. The van der Waals surface area contributed by atoms with E-state index >= 15 is 0 Å². The Balaban J connectivity index is 1.76. The van der Waals surface area contributed by atoms with Gasteiger partial charge in [-0.1, -0.05) is 6.92 Å². The number of aromatic nitrogens is 1. The highest BCUT2D eigenvalue weighted by Gasteiger charge is 2.33. The van der Waals surface area contributed by atoms with Crippen LogP contribution in [0.1, 0.15) is 32.4 Å². The Kier molecular flexibility index (Phi) is 4.40. The summed E-state index contributed by atoms with van der Waals surface area (Å²) in [7, 11) is 0. The lowest BCUT2D eigenvalue weighted by atomic mass is 9.88. The summed E-state index contributed by atoms with van der Waals surface area (Å²) in [6.45, 7) is 10.6. The molecule has 0 saturated carbocycles. The summed E-state index contributed by atoms with van der Waals surface area (Å²) in [5.74, 6) is 0.274. The van der Waals surface area contributed by atoms with Crippen LogP contribution >= 0.6 is 0 Å². The van der Waals surface area contributed by atoms with Gasteiger partial charge >= 0.3 is 0 Å². The fourth-order valence-corrected chi connectivity index (χ4v) is 3.70. The van der Waals surface area contributed by atoms with Crippen molar-refractivity contribution in [2.75, 3.05) is 44.8 Å². The first-order valence-corrected chi connectivity index (χ1v) is 9.28. The van der Waals surface area contributed by atoms with E-state index in [1.807, 2.05) is 4.57 Å². The second kappa shape index (κ2) is 6.59. The van der Waals surface area contributed by atoms with E-state index in [9.17, 15) is 5.11 Å². The summed E-state index contributed by atoms with van der Waals surface area (Å²) in [5, 5.41) is 15.5. The molecular weight excluding hydrogens is 330 g/mol. The molecule has 0 bridgehead atoms. The Morgan fingerprint density at radius 2 is 2.12 bits per heavy atom. The molecule has 0 unspecified atom stereocenters. The van der Waals surface area contributed by atoms with Crippen LogP contribution in [0, 0.1) is 5.41 Å². The van der Waals surface area contributed by atoms with Crippen molar-refractivity contribution in [3.8, 4) is 5.88 Å². The molecule has 1 aromatic carbocycles. The van der Waals surface area contributed by atoms with Crippen molar-refractivity contribution in [2.24, 2.45) is 10.4 Å². The van der Waals surface area contributed by atoms with Crippen LogP contribution in [0.3, 0.4) is 0 Å². The largest absolute Gasteiger partial charge is 0.494 e. The van der Waals surface area contributed by atoms with Crippen LogP contribution < -0.4 is 5.32 Å². The van der Waals surface area contributed by atoms with E-state index in [2.05, 4.69) is 49.3 Å². The number of aliphatic imine (C=N–C) groups is 1. The Morgan fingerprint density at radius 3 is 2.73 bits per heavy atom. The molecule has 1 aromatic heterocycles. The summed E-state index contributed by atoms with van der Waals surface area (Å²) in [4.78, 5) is 4.60. The molecule has 1 saturated heterocycles. The highest BCUT2D eigenvalue weighted by molar-refractivity contribution is 6.14. The molecule has 3 heterocycles. The Labute approximate surface area is 153 Å². The van der Waals surface area contributed by atoms with Crippen molar-refractivity contribution >= 4 is 22.3 Å². The maximum Gasteiger partial charge on any atom is 0.201 e. The number of ether oxygens (including phenoxy) is 2. The highest BCUT2D eigenvalue weighted by Crippen LogP contribution is 2.37. The van der Waals surface area contributed by atoms with Gasteiger partial charge in [-0.05, 0) is 32.0 Å². The van der Waals surface area contributed by atoms with Gasteiger partial charge in [0.05, 0.1) is 49.8 Å². The molecule has 0 amide bonds. The summed E-state index contributed by atoms with van der Waals surface area (Å²) in [5.41, 5.74) is 3.89. The van der Waals surface area contributed by atoms with Crippen molar-refractivity contribution in [3.05, 3.63) is 23.8 Å². The monoisotopic (exact) mass is 357 g/mol. The summed E-state index contributed by atoms with van der Waals surface area (Å²) in [6.07, 6.45) is 0. The van der Waals surface area contributed by atoms with Crippen LogP contribution in [0.15, 0.2) is 23.2 Å². The Bertz CT molecular complexity index is 850. The lowest BCUT2D eigenvalue weighted by Gasteiger charge is -2.38. The predicted octanol–water partition coefficient (Wildman–Crippen LogP) is 3.20. The van der Waals surface area contributed by atoms with Crippen molar-refractivity contribution in [2.45, 2.75) is 26.8 Å². The fourth-order valence-electron chi connectivity index (χ4n) is 3.70. The Hall–Kier alpha value is -2.05. The smallest absolute Gasteiger partial charge is 0.201 e. The minimum absolute atomic E-state index is 0.154. The van der Waals surface area contributed by atoms with Gasteiger partial charge in [0.25, 0.3) is 0 Å². The first kappa shape index (κ1) is 17.4. The van der Waals surface area contributed by atoms with E-state index in [-0.39, 0.29) is 17.3 Å². The number of hydrogen-bond acceptors (Lipinski definition) is 5. The summed E-state index contributed by atoms with van der Waals surface area (Å²) >= 11 is 0. The molecule has 6 heteroatoms. The normalized spacial score (nSPS) is 19.5. The molecule has 6 nitrogen and oxygen atoms in total. The van der Waals surface area contributed by atoms with E-state index in [0.29, 0.717) is 19.8 Å². The predicted molar refractivity (Wildman–Crippen MR) is 104 cm³/mol. The topological polar surface area (TPSA) is 68.0 Å². The first-order valence-electron chi connectivity index (χ1n) is 9.28. The molecule has 0 spiro atoms. The van der Waals surface area contributed by atoms with E-state index < -0.39 is 0 Å². The molecule has 2 N–H and O–H groups in total. The van der Waals surface area contributed by atoms with Gasteiger partial charge < -0.3 is 24.5 Å². The number of rotatable bonds is 5. The standard InChI is InChI=1S/C20H27N3O3/c1-13(2)23-17-5-4-14(22-10-20(3)11-26-12-20)8-15(17)18(19(23)24)16-9-25-7-6-21-16/h4-5,8,13,22,24H,6-7,9-12H2,1-3H3. The van der Waals surface area contributed by atoms with Gasteiger partial charge in [-0.15, -0.1) is 0 Å². The molecule has 0 atom stereocenters. The zero-order valence-electron chi connectivity index (χ0n) is 15.7. The molecule has 4 rings (SSSR count). The molecule has 2 aliphatic rings. The van der Waals surface area contributed by atoms with Crippen molar-refractivity contribution in [1.82, 2.24) is 4.57 Å². The van der Waals surface area contributed by atoms with Crippen LogP contribution in [0.4, 0.5) is 5.69 Å². The fraction of sp³-hybridized carbons (Fsp3) is 0.550. The average molecular weight is 357 g/mol. The first-order chi connectivity index (χ1) is 12.5. The molecule has 140 valence electrons. The van der Waals surface area contributed by atoms with Gasteiger partial charge in [-0.25, -0.2) is 0 Å².